The molecule has 0 amide bonds. The summed E-state index contributed by atoms with van der Waals surface area (Å²) < 4.78 is 5.41. The van der Waals surface area contributed by atoms with E-state index in [9.17, 15) is 4.79 Å². The van der Waals surface area contributed by atoms with Gasteiger partial charge in [-0.3, -0.25) is 0 Å². The van der Waals surface area contributed by atoms with Gasteiger partial charge in [-0.1, -0.05) is 36.9 Å². The standard InChI is InChI=1S/C14H19NO2/c1-5-13(16)17-14(11(2)15(3)4)12-9-7-6-8-10-12/h5-11,14H,1H2,2-4H3/t11-,14-/m1/s1. The van der Waals surface area contributed by atoms with Gasteiger partial charge < -0.3 is 9.64 Å². The second-order valence-corrected chi connectivity index (χ2v) is 4.18. The third kappa shape index (κ3) is 3.71. The first-order valence-corrected chi connectivity index (χ1v) is 5.60. The van der Waals surface area contributed by atoms with Gasteiger partial charge in [0.15, 0.2) is 0 Å². The molecule has 1 aromatic rings. The number of rotatable bonds is 5. The molecule has 1 aromatic carbocycles. The quantitative estimate of drug-likeness (QED) is 0.578. The van der Waals surface area contributed by atoms with E-state index in [4.69, 9.17) is 4.74 Å². The fourth-order valence-electron chi connectivity index (χ4n) is 1.53. The maximum Gasteiger partial charge on any atom is 0.330 e. The van der Waals surface area contributed by atoms with Crippen molar-refractivity contribution in [3.8, 4) is 0 Å². The number of likely N-dealkylation sites (N-methyl/N-ethyl adjacent to an activating group) is 1. The molecule has 92 valence electrons. The number of hydrogen-bond acceptors (Lipinski definition) is 3. The monoisotopic (exact) mass is 233 g/mol. The first-order chi connectivity index (χ1) is 8.06. The maximum absolute atomic E-state index is 11.4. The molecule has 0 aliphatic carbocycles. The molecule has 0 aliphatic rings. The topological polar surface area (TPSA) is 29.5 Å². The molecule has 1 rings (SSSR count). The maximum atomic E-state index is 11.4. The largest absolute Gasteiger partial charge is 0.453 e. The molecular weight excluding hydrogens is 214 g/mol. The van der Waals surface area contributed by atoms with E-state index in [-0.39, 0.29) is 12.1 Å². The molecule has 17 heavy (non-hydrogen) atoms. The fraction of sp³-hybridized carbons (Fsp3) is 0.357. The average molecular weight is 233 g/mol. The molecule has 3 heteroatoms. The minimum atomic E-state index is -0.396. The SMILES string of the molecule is C=CC(=O)O[C@@H](c1ccccc1)[C@@H](C)N(C)C. The highest BCUT2D eigenvalue weighted by Gasteiger charge is 2.23. The molecule has 0 saturated carbocycles. The Morgan fingerprint density at radius 1 is 1.35 bits per heavy atom. The van der Waals surface area contributed by atoms with Crippen LogP contribution in [0.15, 0.2) is 43.0 Å². The fourth-order valence-corrected chi connectivity index (χ4v) is 1.53. The van der Waals surface area contributed by atoms with Crippen LogP contribution >= 0.6 is 0 Å². The van der Waals surface area contributed by atoms with E-state index >= 15 is 0 Å². The molecule has 0 fully saturated rings. The summed E-state index contributed by atoms with van der Waals surface area (Å²) in [4.78, 5) is 13.4. The van der Waals surface area contributed by atoms with E-state index in [2.05, 4.69) is 6.58 Å². The molecular formula is C14H19NO2. The smallest absolute Gasteiger partial charge is 0.330 e. The van der Waals surface area contributed by atoms with Crippen LogP contribution in [0.5, 0.6) is 0 Å². The summed E-state index contributed by atoms with van der Waals surface area (Å²) >= 11 is 0. The second-order valence-electron chi connectivity index (χ2n) is 4.18. The first-order valence-electron chi connectivity index (χ1n) is 5.60. The van der Waals surface area contributed by atoms with Gasteiger partial charge in [-0.2, -0.15) is 0 Å². The Morgan fingerprint density at radius 3 is 2.41 bits per heavy atom. The summed E-state index contributed by atoms with van der Waals surface area (Å²) in [6.07, 6.45) is 0.912. The third-order valence-electron chi connectivity index (χ3n) is 2.79. The van der Waals surface area contributed by atoms with Crippen LogP contribution in [0.4, 0.5) is 0 Å². The van der Waals surface area contributed by atoms with E-state index in [0.717, 1.165) is 5.56 Å². The molecule has 0 aliphatic heterocycles. The van der Waals surface area contributed by atoms with Crippen LogP contribution in [0.3, 0.4) is 0 Å². The molecule has 0 saturated heterocycles. The van der Waals surface area contributed by atoms with Crippen molar-refractivity contribution in [1.29, 1.82) is 0 Å². The first kappa shape index (κ1) is 13.5. The van der Waals surface area contributed by atoms with Gasteiger partial charge in [0.1, 0.15) is 6.10 Å². The highest BCUT2D eigenvalue weighted by atomic mass is 16.5. The van der Waals surface area contributed by atoms with E-state index < -0.39 is 5.97 Å². The van der Waals surface area contributed by atoms with Crippen molar-refractivity contribution < 1.29 is 9.53 Å². The zero-order chi connectivity index (χ0) is 12.8. The predicted octanol–water partition coefficient (Wildman–Crippen LogP) is 2.41. The molecule has 0 N–H and O–H groups in total. The molecule has 3 nitrogen and oxygen atoms in total. The van der Waals surface area contributed by atoms with Crippen LogP contribution in [0, 0.1) is 0 Å². The van der Waals surface area contributed by atoms with Crippen LogP contribution in [0.1, 0.15) is 18.6 Å². The normalized spacial score (nSPS) is 14.1. The van der Waals surface area contributed by atoms with Crippen molar-refractivity contribution in [2.45, 2.75) is 19.1 Å². The van der Waals surface area contributed by atoms with E-state index in [1.165, 1.54) is 6.08 Å². The van der Waals surface area contributed by atoms with Gasteiger partial charge in [-0.05, 0) is 26.6 Å². The molecule has 0 aromatic heterocycles. The van der Waals surface area contributed by atoms with Gasteiger partial charge in [0.2, 0.25) is 0 Å². The molecule has 0 heterocycles. The van der Waals surface area contributed by atoms with E-state index in [1.54, 1.807) is 0 Å². The highest BCUT2D eigenvalue weighted by molar-refractivity contribution is 5.81. The Morgan fingerprint density at radius 2 is 1.94 bits per heavy atom. The van der Waals surface area contributed by atoms with Crippen LogP contribution in [0.2, 0.25) is 0 Å². The molecule has 2 atom stereocenters. The van der Waals surface area contributed by atoms with Crippen molar-refractivity contribution in [3.63, 3.8) is 0 Å². The lowest BCUT2D eigenvalue weighted by Crippen LogP contribution is -2.33. The molecule has 0 bridgehead atoms. The number of ether oxygens (including phenoxy) is 1. The summed E-state index contributed by atoms with van der Waals surface area (Å²) in [5, 5.41) is 0. The van der Waals surface area contributed by atoms with Crippen LogP contribution in [-0.2, 0) is 9.53 Å². The Balaban J connectivity index is 2.94. The van der Waals surface area contributed by atoms with Crippen molar-refractivity contribution in [3.05, 3.63) is 48.6 Å². The minimum absolute atomic E-state index is 0.0984. The van der Waals surface area contributed by atoms with Crippen LogP contribution < -0.4 is 0 Å². The van der Waals surface area contributed by atoms with Crippen LogP contribution in [-0.4, -0.2) is 31.0 Å². The number of hydrogen-bond donors (Lipinski definition) is 0. The van der Waals surface area contributed by atoms with Crippen molar-refractivity contribution in [1.82, 2.24) is 4.90 Å². The Bertz CT molecular complexity index is 373. The van der Waals surface area contributed by atoms with Crippen molar-refractivity contribution in [2.75, 3.05) is 14.1 Å². The molecule has 0 spiro atoms. The number of benzene rings is 1. The van der Waals surface area contributed by atoms with Gasteiger partial charge in [0.05, 0.1) is 0 Å². The Labute approximate surface area is 103 Å². The molecule has 0 unspecified atom stereocenters. The zero-order valence-electron chi connectivity index (χ0n) is 10.6. The van der Waals surface area contributed by atoms with Gasteiger partial charge in [-0.25, -0.2) is 4.79 Å². The summed E-state index contributed by atoms with van der Waals surface area (Å²) in [7, 11) is 3.92. The lowest BCUT2D eigenvalue weighted by atomic mass is 10.0. The second kappa shape index (κ2) is 6.21. The Hall–Kier alpha value is -1.61. The number of carbonyl (C=O) groups excluding carboxylic acids is 1. The number of nitrogens with zero attached hydrogens (tertiary/aromatic N) is 1. The van der Waals surface area contributed by atoms with Gasteiger partial charge in [0.25, 0.3) is 0 Å². The van der Waals surface area contributed by atoms with Gasteiger partial charge in [0, 0.05) is 12.1 Å². The Kier molecular flexibility index (Phi) is 4.91. The summed E-state index contributed by atoms with van der Waals surface area (Å²) in [6.45, 7) is 5.45. The van der Waals surface area contributed by atoms with E-state index in [1.807, 2.05) is 56.3 Å². The summed E-state index contributed by atoms with van der Waals surface area (Å²) in [5.41, 5.74) is 0.990. The minimum Gasteiger partial charge on any atom is -0.453 e. The lowest BCUT2D eigenvalue weighted by Gasteiger charge is -2.29. The van der Waals surface area contributed by atoms with E-state index in [0.29, 0.717) is 0 Å². The summed E-state index contributed by atoms with van der Waals surface area (Å²) in [5.74, 6) is -0.396. The van der Waals surface area contributed by atoms with Crippen molar-refractivity contribution >= 4 is 5.97 Å². The van der Waals surface area contributed by atoms with Gasteiger partial charge >= 0.3 is 5.97 Å². The average Bonchev–Trinajstić information content (AvgIpc) is 2.35. The summed E-state index contributed by atoms with van der Waals surface area (Å²) in [6, 6.07) is 9.83. The third-order valence-corrected chi connectivity index (χ3v) is 2.79. The van der Waals surface area contributed by atoms with Gasteiger partial charge in [-0.15, -0.1) is 0 Å². The number of carbonyl (C=O) groups is 1. The zero-order valence-corrected chi connectivity index (χ0v) is 10.6. The highest BCUT2D eigenvalue weighted by Crippen LogP contribution is 2.23. The van der Waals surface area contributed by atoms with Crippen LogP contribution in [0.25, 0.3) is 0 Å². The van der Waals surface area contributed by atoms with Crippen molar-refractivity contribution in [2.24, 2.45) is 0 Å². The predicted molar refractivity (Wildman–Crippen MR) is 68.6 cm³/mol. The molecule has 0 radical (unpaired) electrons. The lowest BCUT2D eigenvalue weighted by molar-refractivity contribution is -0.146. The number of esters is 1.